The molecule has 7 rings (SSSR count). The maximum absolute atomic E-state index is 13.1. The van der Waals surface area contributed by atoms with Gasteiger partial charge in [0, 0.05) is 35.7 Å². The third-order valence-corrected chi connectivity index (χ3v) is 8.86. The first kappa shape index (κ1) is 30.4. The fourth-order valence-corrected chi connectivity index (χ4v) is 6.51. The Hall–Kier alpha value is -5.25. The van der Waals surface area contributed by atoms with Gasteiger partial charge in [0.05, 0.1) is 28.2 Å². The monoisotopic (exact) mass is 636 g/mol. The van der Waals surface area contributed by atoms with Gasteiger partial charge in [-0.25, -0.2) is 9.97 Å². The zero-order valence-corrected chi connectivity index (χ0v) is 25.3. The maximum atomic E-state index is 13.1. The highest BCUT2D eigenvalue weighted by molar-refractivity contribution is 5.79. The lowest BCUT2D eigenvalue weighted by Gasteiger charge is -2.28. The lowest BCUT2D eigenvalue weighted by atomic mass is 9.78. The second-order valence-electron chi connectivity index (χ2n) is 12.0. The molecule has 1 saturated carbocycles. The van der Waals surface area contributed by atoms with E-state index >= 15 is 0 Å². The van der Waals surface area contributed by atoms with Crippen molar-refractivity contribution in [2.75, 3.05) is 0 Å². The number of halogens is 3. The summed E-state index contributed by atoms with van der Waals surface area (Å²) in [5.41, 5.74) is 4.48. The highest BCUT2D eigenvalue weighted by Crippen LogP contribution is 2.40. The van der Waals surface area contributed by atoms with Crippen LogP contribution in [0.2, 0.25) is 0 Å². The Morgan fingerprint density at radius 2 is 1.72 bits per heavy atom. The summed E-state index contributed by atoms with van der Waals surface area (Å²) in [7, 11) is 0. The van der Waals surface area contributed by atoms with Gasteiger partial charge in [-0.15, -0.1) is 0 Å². The number of aliphatic carboxylic acids is 1. The smallest absolute Gasteiger partial charge is 0.433 e. The summed E-state index contributed by atoms with van der Waals surface area (Å²) in [6, 6.07) is 27.5. The van der Waals surface area contributed by atoms with E-state index in [-0.39, 0.29) is 12.5 Å². The number of ether oxygens (including phenoxy) is 1. The molecule has 0 bridgehead atoms. The molecule has 1 fully saturated rings. The molecule has 0 amide bonds. The molecule has 1 unspecified atom stereocenters. The quantitative estimate of drug-likeness (QED) is 0.180. The predicted molar refractivity (Wildman–Crippen MR) is 172 cm³/mol. The summed E-state index contributed by atoms with van der Waals surface area (Å²) in [6.07, 6.45) is -0.195. The molecule has 0 spiro atoms. The fraction of sp³-hybridized carbons (Fsp3) is 0.243. The van der Waals surface area contributed by atoms with Gasteiger partial charge < -0.3 is 14.4 Å². The number of aromatic nitrogens is 4. The average molecular weight is 637 g/mol. The van der Waals surface area contributed by atoms with Gasteiger partial charge in [0.2, 0.25) is 0 Å². The Morgan fingerprint density at radius 1 is 0.872 bits per heavy atom. The molecule has 3 aromatic heterocycles. The number of para-hydroxylation sites is 1. The number of benzene rings is 3. The first-order valence-electron chi connectivity index (χ1n) is 15.6. The van der Waals surface area contributed by atoms with Crippen molar-refractivity contribution in [2.45, 2.75) is 50.9 Å². The molecule has 6 aromatic rings. The molecule has 2 atom stereocenters. The van der Waals surface area contributed by atoms with Gasteiger partial charge in [0.1, 0.15) is 23.9 Å². The molecule has 1 aliphatic rings. The molecule has 7 nitrogen and oxygen atoms in total. The predicted octanol–water partition coefficient (Wildman–Crippen LogP) is 8.65. The van der Waals surface area contributed by atoms with Crippen molar-refractivity contribution in [3.05, 3.63) is 120 Å². The van der Waals surface area contributed by atoms with E-state index < -0.39 is 23.8 Å². The zero-order chi connectivity index (χ0) is 32.5. The first-order valence-corrected chi connectivity index (χ1v) is 15.6. The van der Waals surface area contributed by atoms with Crippen molar-refractivity contribution in [3.63, 3.8) is 0 Å². The van der Waals surface area contributed by atoms with Crippen LogP contribution in [0.25, 0.3) is 33.1 Å². The maximum Gasteiger partial charge on any atom is 0.433 e. The van der Waals surface area contributed by atoms with Crippen LogP contribution < -0.4 is 4.74 Å². The van der Waals surface area contributed by atoms with Crippen molar-refractivity contribution < 1.29 is 27.8 Å². The van der Waals surface area contributed by atoms with E-state index in [1.54, 1.807) is 0 Å². The van der Waals surface area contributed by atoms with Crippen LogP contribution in [0.4, 0.5) is 13.2 Å². The highest BCUT2D eigenvalue weighted by atomic mass is 19.4. The Kier molecular flexibility index (Phi) is 8.09. The first-order chi connectivity index (χ1) is 22.7. The van der Waals surface area contributed by atoms with Gasteiger partial charge in [-0.05, 0) is 60.4 Å². The number of fused-ring (bicyclic) bond motifs is 2. The molecular weight excluding hydrogens is 605 g/mol. The minimum absolute atomic E-state index is 0.262. The van der Waals surface area contributed by atoms with Crippen molar-refractivity contribution in [1.29, 1.82) is 0 Å². The van der Waals surface area contributed by atoms with Crippen molar-refractivity contribution in [2.24, 2.45) is 5.92 Å². The largest absolute Gasteiger partial charge is 0.487 e. The molecule has 0 saturated heterocycles. The molecule has 3 aromatic carbocycles. The van der Waals surface area contributed by atoms with E-state index in [0.29, 0.717) is 42.0 Å². The van der Waals surface area contributed by atoms with Crippen molar-refractivity contribution >= 4 is 27.9 Å². The molecule has 0 radical (unpaired) electrons. The minimum Gasteiger partial charge on any atom is -0.487 e. The number of alkyl halides is 3. The molecule has 1 N–H and O–H groups in total. The topological polar surface area (TPSA) is 90.1 Å². The zero-order valence-electron chi connectivity index (χ0n) is 25.3. The third-order valence-electron chi connectivity index (χ3n) is 8.86. The van der Waals surface area contributed by atoms with Crippen molar-refractivity contribution in [3.8, 4) is 16.9 Å². The van der Waals surface area contributed by atoms with E-state index in [2.05, 4.69) is 9.55 Å². The SMILES string of the molecule is O=C(O)[C@H]1CCCCC1c1nc2cc(OCc3ccc4ccccc4n3)ccc2n1Cc1cccc(-c2ccc(C(F)(F)F)nc2)c1. The number of nitrogens with zero attached hydrogens (tertiary/aromatic N) is 4. The summed E-state index contributed by atoms with van der Waals surface area (Å²) < 4.78 is 47.4. The van der Waals surface area contributed by atoms with Crippen LogP contribution >= 0.6 is 0 Å². The van der Waals surface area contributed by atoms with E-state index in [4.69, 9.17) is 14.7 Å². The summed E-state index contributed by atoms with van der Waals surface area (Å²) in [4.78, 5) is 25.7. The van der Waals surface area contributed by atoms with Gasteiger partial charge in [0.15, 0.2) is 0 Å². The van der Waals surface area contributed by atoms with Crippen LogP contribution in [0.1, 0.15) is 54.4 Å². The van der Waals surface area contributed by atoms with Gasteiger partial charge in [-0.3, -0.25) is 9.78 Å². The van der Waals surface area contributed by atoms with E-state index in [1.165, 1.54) is 12.3 Å². The van der Waals surface area contributed by atoms with Crippen LogP contribution in [0.5, 0.6) is 5.75 Å². The Bertz CT molecular complexity index is 2070. The molecule has 3 heterocycles. The third kappa shape index (κ3) is 6.40. The van der Waals surface area contributed by atoms with Crippen LogP contribution in [0.3, 0.4) is 0 Å². The average Bonchev–Trinajstić information content (AvgIpc) is 3.44. The van der Waals surface area contributed by atoms with Gasteiger partial charge in [-0.1, -0.05) is 61.4 Å². The lowest BCUT2D eigenvalue weighted by Crippen LogP contribution is -2.27. The molecular formula is C37H31F3N4O3. The summed E-state index contributed by atoms with van der Waals surface area (Å²) >= 11 is 0. The Morgan fingerprint density at radius 3 is 2.53 bits per heavy atom. The summed E-state index contributed by atoms with van der Waals surface area (Å²) in [5, 5.41) is 11.2. The summed E-state index contributed by atoms with van der Waals surface area (Å²) in [5.74, 6) is -0.293. The number of imidazole rings is 1. The summed E-state index contributed by atoms with van der Waals surface area (Å²) in [6.45, 7) is 0.678. The minimum atomic E-state index is -4.51. The van der Waals surface area contributed by atoms with Crippen LogP contribution in [0, 0.1) is 5.92 Å². The van der Waals surface area contributed by atoms with Gasteiger partial charge >= 0.3 is 12.1 Å². The van der Waals surface area contributed by atoms with Crippen LogP contribution in [-0.2, 0) is 24.1 Å². The molecule has 1 aliphatic carbocycles. The van der Waals surface area contributed by atoms with Crippen LogP contribution in [0.15, 0.2) is 97.2 Å². The molecule has 10 heteroatoms. The Balaban J connectivity index is 1.21. The number of carboxylic acids is 1. The number of hydrogen-bond acceptors (Lipinski definition) is 5. The van der Waals surface area contributed by atoms with Gasteiger partial charge in [0.25, 0.3) is 0 Å². The normalized spacial score (nSPS) is 16.8. The lowest BCUT2D eigenvalue weighted by molar-refractivity contribution is -0.143. The number of rotatable bonds is 8. The van der Waals surface area contributed by atoms with Crippen molar-refractivity contribution in [1.82, 2.24) is 19.5 Å². The number of carbonyl (C=O) groups is 1. The molecule has 238 valence electrons. The number of hydrogen-bond donors (Lipinski definition) is 1. The van der Waals surface area contributed by atoms with Crippen LogP contribution in [-0.4, -0.2) is 30.6 Å². The molecule has 0 aliphatic heterocycles. The van der Waals surface area contributed by atoms with Gasteiger partial charge in [-0.2, -0.15) is 13.2 Å². The van der Waals surface area contributed by atoms with E-state index in [9.17, 15) is 23.1 Å². The second kappa shape index (κ2) is 12.5. The fourth-order valence-electron chi connectivity index (χ4n) is 6.51. The number of pyridine rings is 2. The molecule has 47 heavy (non-hydrogen) atoms. The van der Waals surface area contributed by atoms with E-state index in [0.717, 1.165) is 52.1 Å². The second-order valence-corrected chi connectivity index (χ2v) is 12.0. The standard InChI is InChI=1S/C37H31F3N4O3/c38-37(39,40)34-17-13-26(20-41-34)25-8-5-6-23(18-25)21-44-33-16-15-28(47-22-27-14-12-24-7-1-4-11-31(24)42-27)19-32(33)43-35(44)29-9-2-3-10-30(29)36(45)46/h1,4-8,11-20,29-30H,2-3,9-10,21-22H2,(H,45,46)/t29?,30-/m0/s1. The number of carboxylic acid groups (broad SMARTS) is 1. The Labute approximate surface area is 268 Å². The van der Waals surface area contributed by atoms with E-state index in [1.807, 2.05) is 78.9 Å². The highest BCUT2D eigenvalue weighted by Gasteiger charge is 2.35.